The highest BCUT2D eigenvalue weighted by Gasteiger charge is 2.18. The van der Waals surface area contributed by atoms with E-state index in [1.807, 2.05) is 12.1 Å². The summed E-state index contributed by atoms with van der Waals surface area (Å²) >= 11 is 14.7. The predicted octanol–water partition coefficient (Wildman–Crippen LogP) is 5.38. The minimum atomic E-state index is -1.10. The van der Waals surface area contributed by atoms with Gasteiger partial charge in [0.15, 0.2) is 11.5 Å². The minimum Gasteiger partial charge on any atom is -0.476 e. The van der Waals surface area contributed by atoms with Gasteiger partial charge in [-0.25, -0.2) is 4.79 Å². The molecular weight excluding hydrogens is 417 g/mol. The van der Waals surface area contributed by atoms with E-state index in [9.17, 15) is 9.90 Å². The maximum atomic E-state index is 11.3. The smallest absolute Gasteiger partial charge is 0.356 e. The molecule has 0 fully saturated rings. The monoisotopic (exact) mass is 425 g/mol. The highest BCUT2D eigenvalue weighted by atomic mass is 35.5. The number of hydrogen-bond acceptors (Lipinski definition) is 6. The summed E-state index contributed by atoms with van der Waals surface area (Å²) < 4.78 is 8.22. The van der Waals surface area contributed by atoms with Gasteiger partial charge in [0.05, 0.1) is 30.7 Å². The fraction of sp³-hybridized carbons (Fsp3) is 0.0625. The molecule has 0 aliphatic heterocycles. The highest BCUT2D eigenvalue weighted by molar-refractivity contribution is 7.19. The van der Waals surface area contributed by atoms with Crippen LogP contribution >= 0.6 is 45.9 Å². The van der Waals surface area contributed by atoms with E-state index in [-0.39, 0.29) is 12.2 Å². The lowest BCUT2D eigenvalue weighted by molar-refractivity contribution is 0.0689. The van der Waals surface area contributed by atoms with Gasteiger partial charge in [-0.05, 0) is 30.3 Å². The average Bonchev–Trinajstić information content (AvgIpc) is 3.34. The topological polar surface area (TPSA) is 81.1 Å². The molecule has 0 amide bonds. The molecule has 0 aromatic carbocycles. The molecule has 26 heavy (non-hydrogen) atoms. The summed E-state index contributed by atoms with van der Waals surface area (Å²) in [7, 11) is 0. The molecule has 0 atom stereocenters. The molecule has 4 aromatic heterocycles. The number of aromatic carboxylic acids is 1. The maximum absolute atomic E-state index is 11.3. The van der Waals surface area contributed by atoms with Gasteiger partial charge < -0.3 is 9.63 Å². The Morgan fingerprint density at radius 1 is 1.12 bits per heavy atom. The van der Waals surface area contributed by atoms with Crippen LogP contribution in [0.5, 0.6) is 0 Å². The van der Waals surface area contributed by atoms with Crippen molar-refractivity contribution in [1.82, 2.24) is 14.9 Å². The van der Waals surface area contributed by atoms with Gasteiger partial charge in [-0.2, -0.15) is 5.10 Å². The molecule has 0 aliphatic rings. The van der Waals surface area contributed by atoms with Gasteiger partial charge in [-0.3, -0.25) is 4.68 Å². The van der Waals surface area contributed by atoms with Crippen molar-refractivity contribution in [2.45, 2.75) is 6.54 Å². The summed E-state index contributed by atoms with van der Waals surface area (Å²) in [5.74, 6) is -0.495. The molecule has 1 N–H and O–H groups in total. The van der Waals surface area contributed by atoms with Crippen LogP contribution in [0.3, 0.4) is 0 Å². The van der Waals surface area contributed by atoms with E-state index in [0.717, 1.165) is 9.75 Å². The van der Waals surface area contributed by atoms with E-state index < -0.39 is 5.97 Å². The van der Waals surface area contributed by atoms with Crippen LogP contribution in [0.25, 0.3) is 21.2 Å². The van der Waals surface area contributed by atoms with Crippen LogP contribution in [-0.2, 0) is 6.54 Å². The lowest BCUT2D eigenvalue weighted by atomic mass is 10.3. The van der Waals surface area contributed by atoms with Crippen LogP contribution in [0.1, 0.15) is 16.2 Å². The fourth-order valence-corrected chi connectivity index (χ4v) is 4.45. The van der Waals surface area contributed by atoms with E-state index in [0.29, 0.717) is 25.8 Å². The standard InChI is InChI=1S/C16H9Cl2N3O3S2/c17-14-3-1-12(25-14)10-6-9(16(22)23)19-21(10)7-8-5-11(24-20-8)13-2-4-15(18)26-13/h1-6H,7H2,(H,22,23). The lowest BCUT2D eigenvalue weighted by Crippen LogP contribution is -2.05. The average molecular weight is 426 g/mol. The van der Waals surface area contributed by atoms with E-state index in [1.165, 1.54) is 28.7 Å². The molecule has 0 saturated carbocycles. The molecule has 0 aliphatic carbocycles. The van der Waals surface area contributed by atoms with Crippen LogP contribution in [0.2, 0.25) is 8.67 Å². The Kier molecular flexibility index (Phi) is 4.58. The number of carboxylic acids is 1. The zero-order valence-corrected chi connectivity index (χ0v) is 16.0. The van der Waals surface area contributed by atoms with Crippen LogP contribution in [0, 0.1) is 0 Å². The molecule has 0 saturated heterocycles. The third-order valence-electron chi connectivity index (χ3n) is 3.51. The molecular formula is C16H9Cl2N3O3S2. The Morgan fingerprint density at radius 2 is 1.81 bits per heavy atom. The number of halogens is 2. The Labute approximate surface area is 165 Å². The summed E-state index contributed by atoms with van der Waals surface area (Å²) in [6, 6.07) is 10.5. The van der Waals surface area contributed by atoms with Crippen molar-refractivity contribution in [2.75, 3.05) is 0 Å². The molecule has 0 spiro atoms. The first-order valence-electron chi connectivity index (χ1n) is 7.28. The first-order chi connectivity index (χ1) is 12.5. The van der Waals surface area contributed by atoms with Gasteiger partial charge in [0.1, 0.15) is 5.69 Å². The molecule has 4 heterocycles. The van der Waals surface area contributed by atoms with Gasteiger partial charge in [0.2, 0.25) is 0 Å². The molecule has 6 nitrogen and oxygen atoms in total. The Bertz CT molecular complexity index is 1100. The van der Waals surface area contributed by atoms with Crippen molar-refractivity contribution in [3.05, 3.63) is 56.5 Å². The van der Waals surface area contributed by atoms with Crippen molar-refractivity contribution in [2.24, 2.45) is 0 Å². The predicted molar refractivity (Wildman–Crippen MR) is 101 cm³/mol. The van der Waals surface area contributed by atoms with E-state index in [2.05, 4.69) is 10.3 Å². The van der Waals surface area contributed by atoms with Crippen molar-refractivity contribution in [1.29, 1.82) is 0 Å². The van der Waals surface area contributed by atoms with E-state index >= 15 is 0 Å². The number of nitrogens with zero attached hydrogens (tertiary/aromatic N) is 3. The van der Waals surface area contributed by atoms with Crippen molar-refractivity contribution in [3.8, 4) is 21.2 Å². The number of carbonyl (C=O) groups is 1. The highest BCUT2D eigenvalue weighted by Crippen LogP contribution is 2.33. The summed E-state index contributed by atoms with van der Waals surface area (Å²) in [4.78, 5) is 13.0. The molecule has 0 radical (unpaired) electrons. The van der Waals surface area contributed by atoms with Crippen LogP contribution in [-0.4, -0.2) is 26.0 Å². The number of thiophene rings is 2. The second-order valence-corrected chi connectivity index (χ2v) is 8.70. The molecule has 4 rings (SSSR count). The largest absolute Gasteiger partial charge is 0.476 e. The molecule has 132 valence electrons. The number of aromatic nitrogens is 3. The Balaban J connectivity index is 1.67. The third kappa shape index (κ3) is 3.41. The first kappa shape index (κ1) is 17.3. The quantitative estimate of drug-likeness (QED) is 0.463. The number of hydrogen-bond donors (Lipinski definition) is 1. The van der Waals surface area contributed by atoms with E-state index in [4.69, 9.17) is 27.7 Å². The van der Waals surface area contributed by atoms with E-state index in [1.54, 1.807) is 22.9 Å². The van der Waals surface area contributed by atoms with Gasteiger partial charge in [0, 0.05) is 6.07 Å². The van der Waals surface area contributed by atoms with Crippen molar-refractivity contribution >= 4 is 51.8 Å². The van der Waals surface area contributed by atoms with Crippen molar-refractivity contribution < 1.29 is 14.4 Å². The lowest BCUT2D eigenvalue weighted by Gasteiger charge is -2.02. The van der Waals surface area contributed by atoms with Crippen LogP contribution < -0.4 is 0 Å². The SMILES string of the molecule is O=C(O)c1cc(-c2ccc(Cl)s2)n(Cc2cc(-c3ccc(Cl)s3)on2)n1. The number of carboxylic acid groups (broad SMARTS) is 1. The maximum Gasteiger partial charge on any atom is 0.356 e. The fourth-order valence-electron chi connectivity index (χ4n) is 2.39. The Hall–Kier alpha value is -2.13. The molecule has 0 unspecified atom stereocenters. The van der Waals surface area contributed by atoms with Crippen molar-refractivity contribution in [3.63, 3.8) is 0 Å². The third-order valence-corrected chi connectivity index (χ3v) is 6.01. The van der Waals surface area contributed by atoms with Crippen LogP contribution in [0.15, 0.2) is 40.9 Å². The normalized spacial score (nSPS) is 11.2. The second kappa shape index (κ2) is 6.88. The number of rotatable bonds is 5. The second-order valence-electron chi connectivity index (χ2n) is 5.27. The molecule has 0 bridgehead atoms. The van der Waals surface area contributed by atoms with Gasteiger partial charge >= 0.3 is 5.97 Å². The van der Waals surface area contributed by atoms with Crippen LogP contribution in [0.4, 0.5) is 0 Å². The van der Waals surface area contributed by atoms with Gasteiger partial charge in [0.25, 0.3) is 0 Å². The molecule has 4 aromatic rings. The Morgan fingerprint density at radius 3 is 2.42 bits per heavy atom. The molecule has 10 heteroatoms. The summed E-state index contributed by atoms with van der Waals surface area (Å²) in [5.41, 5.74) is 1.23. The summed E-state index contributed by atoms with van der Waals surface area (Å²) in [6.45, 7) is 0.265. The zero-order valence-electron chi connectivity index (χ0n) is 12.8. The summed E-state index contributed by atoms with van der Waals surface area (Å²) in [6.07, 6.45) is 0. The van der Waals surface area contributed by atoms with Gasteiger partial charge in [-0.15, -0.1) is 22.7 Å². The summed E-state index contributed by atoms with van der Waals surface area (Å²) in [5, 5.41) is 17.5. The van der Waals surface area contributed by atoms with Gasteiger partial charge in [-0.1, -0.05) is 28.4 Å². The minimum absolute atomic E-state index is 0.0433. The first-order valence-corrected chi connectivity index (χ1v) is 9.66. The zero-order chi connectivity index (χ0) is 18.3.